The Balaban J connectivity index is 2.18. The van der Waals surface area contributed by atoms with Crippen LogP contribution >= 0.6 is 0 Å². The normalized spacial score (nSPS) is 10.5. The van der Waals surface area contributed by atoms with E-state index in [1.165, 1.54) is 0 Å². The van der Waals surface area contributed by atoms with Crippen LogP contribution in [0.15, 0.2) is 60.8 Å². The lowest BCUT2D eigenvalue weighted by Crippen LogP contribution is -2.19. The predicted octanol–water partition coefficient (Wildman–Crippen LogP) is 3.29. The second-order valence-electron chi connectivity index (χ2n) is 4.85. The van der Waals surface area contributed by atoms with Crippen LogP contribution in [0.5, 0.6) is 0 Å². The first kappa shape index (κ1) is 13.1. The third-order valence-corrected chi connectivity index (χ3v) is 3.53. The van der Waals surface area contributed by atoms with Crippen molar-refractivity contribution >= 4 is 28.1 Å². The summed E-state index contributed by atoms with van der Waals surface area (Å²) in [5.74, 6) is 0.902. The van der Waals surface area contributed by atoms with Gasteiger partial charge in [0, 0.05) is 24.2 Å². The minimum Gasteiger partial charge on any atom is -0.384 e. The van der Waals surface area contributed by atoms with Crippen molar-refractivity contribution < 1.29 is 0 Å². The molecular formula is C17H16N4. The summed E-state index contributed by atoms with van der Waals surface area (Å²) >= 11 is 0. The van der Waals surface area contributed by atoms with E-state index in [2.05, 4.69) is 11.1 Å². The Hall–Kier alpha value is -2.88. The lowest BCUT2D eigenvalue weighted by Gasteiger charge is -2.22. The number of hydrogen-bond donors (Lipinski definition) is 2. The summed E-state index contributed by atoms with van der Waals surface area (Å²) in [5.41, 5.74) is 7.25. The van der Waals surface area contributed by atoms with E-state index in [0.29, 0.717) is 5.56 Å². The van der Waals surface area contributed by atoms with Gasteiger partial charge < -0.3 is 10.6 Å². The van der Waals surface area contributed by atoms with Crippen LogP contribution in [0.1, 0.15) is 5.56 Å². The summed E-state index contributed by atoms with van der Waals surface area (Å²) in [5, 5.41) is 9.93. The zero-order valence-corrected chi connectivity index (χ0v) is 11.7. The molecule has 4 nitrogen and oxygen atoms in total. The zero-order chi connectivity index (χ0) is 14.8. The molecule has 0 bridgehead atoms. The summed E-state index contributed by atoms with van der Waals surface area (Å²) in [7, 11) is 1.94. The van der Waals surface area contributed by atoms with E-state index in [1.807, 2.05) is 60.5 Å². The maximum absolute atomic E-state index is 7.73. The van der Waals surface area contributed by atoms with Gasteiger partial charge >= 0.3 is 0 Å². The van der Waals surface area contributed by atoms with Gasteiger partial charge in [0.1, 0.15) is 11.7 Å². The first-order valence-electron chi connectivity index (χ1n) is 6.69. The molecule has 3 N–H and O–H groups in total. The molecule has 21 heavy (non-hydrogen) atoms. The molecule has 1 heterocycles. The van der Waals surface area contributed by atoms with Gasteiger partial charge in [-0.2, -0.15) is 0 Å². The Bertz CT molecular complexity index is 805. The molecule has 0 saturated carbocycles. The molecule has 3 aromatic rings. The van der Waals surface area contributed by atoms with Crippen molar-refractivity contribution in [1.82, 2.24) is 4.98 Å². The number of benzene rings is 2. The van der Waals surface area contributed by atoms with E-state index < -0.39 is 0 Å². The minimum atomic E-state index is 0.0534. The summed E-state index contributed by atoms with van der Waals surface area (Å²) in [6.07, 6.45) is 1.80. The maximum atomic E-state index is 7.73. The van der Waals surface area contributed by atoms with Crippen LogP contribution in [-0.2, 0) is 0 Å². The zero-order valence-electron chi connectivity index (χ0n) is 11.7. The van der Waals surface area contributed by atoms with E-state index in [0.717, 1.165) is 22.3 Å². The van der Waals surface area contributed by atoms with Gasteiger partial charge in [0.15, 0.2) is 0 Å². The fourth-order valence-electron chi connectivity index (χ4n) is 2.48. The number of aromatic nitrogens is 1. The number of pyridine rings is 1. The predicted molar refractivity (Wildman–Crippen MR) is 87.3 cm³/mol. The van der Waals surface area contributed by atoms with Crippen LogP contribution in [0.25, 0.3) is 10.8 Å². The second kappa shape index (κ2) is 5.25. The first-order valence-corrected chi connectivity index (χ1v) is 6.69. The Morgan fingerprint density at radius 3 is 2.57 bits per heavy atom. The van der Waals surface area contributed by atoms with Gasteiger partial charge in [0.25, 0.3) is 0 Å². The van der Waals surface area contributed by atoms with E-state index in [1.54, 1.807) is 6.20 Å². The molecule has 0 unspecified atom stereocenters. The van der Waals surface area contributed by atoms with Crippen molar-refractivity contribution in [3.63, 3.8) is 0 Å². The number of hydrogen-bond acceptors (Lipinski definition) is 3. The van der Waals surface area contributed by atoms with Gasteiger partial charge in [-0.25, -0.2) is 4.98 Å². The molecule has 2 aromatic carbocycles. The molecule has 1 aromatic heterocycles. The number of fused-ring (bicyclic) bond motifs is 1. The smallest absolute Gasteiger partial charge is 0.140 e. The summed E-state index contributed by atoms with van der Waals surface area (Å²) in [6.45, 7) is 0. The van der Waals surface area contributed by atoms with Crippen LogP contribution < -0.4 is 10.6 Å². The van der Waals surface area contributed by atoms with Crippen LogP contribution in [0, 0.1) is 5.41 Å². The molecule has 0 atom stereocenters. The molecule has 0 aliphatic rings. The first-order chi connectivity index (χ1) is 10.2. The lowest BCUT2D eigenvalue weighted by atomic mass is 10.1. The number of nitrogens with two attached hydrogens (primary N) is 1. The molecule has 0 aliphatic heterocycles. The van der Waals surface area contributed by atoms with Crippen LogP contribution in [0.2, 0.25) is 0 Å². The highest BCUT2D eigenvalue weighted by Gasteiger charge is 2.13. The second-order valence-corrected chi connectivity index (χ2v) is 4.85. The highest BCUT2D eigenvalue weighted by Crippen LogP contribution is 2.30. The third-order valence-electron chi connectivity index (χ3n) is 3.53. The average Bonchev–Trinajstić information content (AvgIpc) is 2.53. The molecular weight excluding hydrogens is 260 g/mol. The van der Waals surface area contributed by atoms with Crippen LogP contribution in [-0.4, -0.2) is 17.9 Å². The number of amidine groups is 1. The van der Waals surface area contributed by atoms with Gasteiger partial charge in [-0.1, -0.05) is 36.4 Å². The number of para-hydroxylation sites is 1. The van der Waals surface area contributed by atoms with Crippen molar-refractivity contribution in [3.05, 3.63) is 66.4 Å². The van der Waals surface area contributed by atoms with Gasteiger partial charge in [0.2, 0.25) is 0 Å². The fourth-order valence-corrected chi connectivity index (χ4v) is 2.48. The van der Waals surface area contributed by atoms with Crippen molar-refractivity contribution in [1.29, 1.82) is 5.41 Å². The summed E-state index contributed by atoms with van der Waals surface area (Å²) in [4.78, 5) is 6.47. The largest absolute Gasteiger partial charge is 0.384 e. The number of anilines is 2. The van der Waals surface area contributed by atoms with Gasteiger partial charge in [0.05, 0.1) is 5.69 Å². The minimum absolute atomic E-state index is 0.0534. The lowest BCUT2D eigenvalue weighted by molar-refractivity contribution is 1.14. The summed E-state index contributed by atoms with van der Waals surface area (Å²) in [6, 6.07) is 17.7. The Morgan fingerprint density at radius 1 is 1.05 bits per heavy atom. The molecule has 0 radical (unpaired) electrons. The van der Waals surface area contributed by atoms with Crippen LogP contribution in [0.4, 0.5) is 11.5 Å². The van der Waals surface area contributed by atoms with E-state index in [-0.39, 0.29) is 5.84 Å². The van der Waals surface area contributed by atoms with Crippen molar-refractivity contribution in [2.45, 2.75) is 0 Å². The SMILES string of the molecule is CN(c1ccccc1C(=N)N)c1nccc2ccccc12. The number of nitrogen functional groups attached to an aromatic ring is 1. The van der Waals surface area contributed by atoms with Crippen LogP contribution in [0.3, 0.4) is 0 Å². The topological polar surface area (TPSA) is 66.0 Å². The molecule has 0 saturated heterocycles. The average molecular weight is 276 g/mol. The number of rotatable bonds is 3. The van der Waals surface area contributed by atoms with Gasteiger partial charge in [-0.05, 0) is 23.6 Å². The molecule has 4 heteroatoms. The monoisotopic (exact) mass is 276 g/mol. The van der Waals surface area contributed by atoms with Crippen molar-refractivity contribution in [2.75, 3.05) is 11.9 Å². The van der Waals surface area contributed by atoms with Crippen molar-refractivity contribution in [2.24, 2.45) is 5.73 Å². The number of nitrogens with one attached hydrogen (secondary N) is 1. The Kier molecular flexibility index (Phi) is 3.28. The highest BCUT2D eigenvalue weighted by atomic mass is 15.2. The van der Waals surface area contributed by atoms with E-state index >= 15 is 0 Å². The molecule has 0 aliphatic carbocycles. The number of nitrogens with zero attached hydrogens (tertiary/aromatic N) is 2. The molecule has 0 amide bonds. The van der Waals surface area contributed by atoms with Gasteiger partial charge in [-0.3, -0.25) is 5.41 Å². The summed E-state index contributed by atoms with van der Waals surface area (Å²) < 4.78 is 0. The van der Waals surface area contributed by atoms with E-state index in [9.17, 15) is 0 Å². The van der Waals surface area contributed by atoms with Gasteiger partial charge in [-0.15, -0.1) is 0 Å². The fraction of sp³-hybridized carbons (Fsp3) is 0.0588. The molecule has 3 rings (SSSR count). The maximum Gasteiger partial charge on any atom is 0.140 e. The van der Waals surface area contributed by atoms with Crippen molar-refractivity contribution in [3.8, 4) is 0 Å². The van der Waals surface area contributed by atoms with E-state index in [4.69, 9.17) is 11.1 Å². The molecule has 104 valence electrons. The standard InChI is InChI=1S/C17H16N4/c1-21(15-9-5-4-8-14(15)16(18)19)17-13-7-3-2-6-12(13)10-11-20-17/h2-11H,1H3,(H3,18,19). The highest BCUT2D eigenvalue weighted by molar-refractivity contribution is 6.02. The third kappa shape index (κ3) is 2.31. The Labute approximate surface area is 123 Å². The molecule has 0 fully saturated rings. The quantitative estimate of drug-likeness (QED) is 0.570. The Morgan fingerprint density at radius 2 is 1.76 bits per heavy atom. The molecule has 0 spiro atoms.